The van der Waals surface area contributed by atoms with Crippen molar-refractivity contribution in [3.8, 4) is 5.75 Å². The molecule has 0 atom stereocenters. The Balaban J connectivity index is 1.73. The van der Waals surface area contributed by atoms with Crippen molar-refractivity contribution >= 4 is 32.6 Å². The molecule has 0 saturated heterocycles. The molecular weight excluding hydrogens is 418 g/mol. The van der Waals surface area contributed by atoms with Crippen LogP contribution in [0.2, 0.25) is 0 Å². The fraction of sp³-hybridized carbons (Fsp3) is 0.111. The maximum absolute atomic E-state index is 13.9. The number of nitrogens with zero attached hydrogens (tertiary/aromatic N) is 1. The lowest BCUT2D eigenvalue weighted by atomic mass is 10.1. The van der Waals surface area contributed by atoms with Gasteiger partial charge in [-0.3, -0.25) is 0 Å². The number of aryl methyl sites for hydroxylation is 2. The summed E-state index contributed by atoms with van der Waals surface area (Å²) in [5.74, 6) is 0.583. The summed E-state index contributed by atoms with van der Waals surface area (Å²) in [5, 5.41) is 1.90. The molecule has 0 unspecified atom stereocenters. The maximum Gasteiger partial charge on any atom is 0.268 e. The zero-order valence-corrected chi connectivity index (χ0v) is 18.8. The smallest absolute Gasteiger partial charge is 0.268 e. The standard InChI is InChI=1S/C27H23NO3S/c1-19-7-11-21(12-8-19)17-23-18-31-27-25-6-4-3-5-22(25)13-16-26(27)28(23)32(29,30)24-14-9-20(2)10-15-24/h3-17H,18H2,1-2H3/b23-17+. The monoisotopic (exact) mass is 441 g/mol. The largest absolute Gasteiger partial charge is 0.484 e. The van der Waals surface area contributed by atoms with E-state index in [-0.39, 0.29) is 11.5 Å². The van der Waals surface area contributed by atoms with Gasteiger partial charge in [0.25, 0.3) is 10.0 Å². The molecule has 0 fully saturated rings. The van der Waals surface area contributed by atoms with E-state index in [0.29, 0.717) is 17.1 Å². The van der Waals surface area contributed by atoms with Crippen LogP contribution >= 0.6 is 0 Å². The maximum atomic E-state index is 13.9. The van der Waals surface area contributed by atoms with E-state index in [2.05, 4.69) is 0 Å². The summed E-state index contributed by atoms with van der Waals surface area (Å²) >= 11 is 0. The minimum Gasteiger partial charge on any atom is -0.484 e. The van der Waals surface area contributed by atoms with E-state index in [1.165, 1.54) is 4.31 Å². The Morgan fingerprint density at radius 3 is 2.19 bits per heavy atom. The summed E-state index contributed by atoms with van der Waals surface area (Å²) in [6.45, 7) is 4.12. The first-order valence-corrected chi connectivity index (χ1v) is 11.9. The van der Waals surface area contributed by atoms with Crippen LogP contribution in [0, 0.1) is 13.8 Å². The minimum atomic E-state index is -3.85. The molecular formula is C27H23NO3S. The molecule has 4 nitrogen and oxygen atoms in total. The Bertz CT molecular complexity index is 1440. The molecule has 4 aromatic rings. The topological polar surface area (TPSA) is 46.6 Å². The lowest BCUT2D eigenvalue weighted by Crippen LogP contribution is -2.36. The van der Waals surface area contributed by atoms with Gasteiger partial charge >= 0.3 is 0 Å². The highest BCUT2D eigenvalue weighted by atomic mass is 32.2. The molecule has 1 heterocycles. The van der Waals surface area contributed by atoms with E-state index in [1.807, 2.05) is 92.7 Å². The summed E-state index contributed by atoms with van der Waals surface area (Å²) in [4.78, 5) is 0.249. The summed E-state index contributed by atoms with van der Waals surface area (Å²) in [7, 11) is -3.85. The first-order valence-electron chi connectivity index (χ1n) is 10.5. The van der Waals surface area contributed by atoms with Gasteiger partial charge in [-0.25, -0.2) is 12.7 Å². The molecule has 0 N–H and O–H groups in total. The van der Waals surface area contributed by atoms with Crippen LogP contribution < -0.4 is 9.04 Å². The number of rotatable bonds is 3. The molecule has 4 aromatic carbocycles. The van der Waals surface area contributed by atoms with E-state index >= 15 is 0 Å². The van der Waals surface area contributed by atoms with Crippen molar-refractivity contribution in [3.05, 3.63) is 107 Å². The predicted octanol–water partition coefficient (Wildman–Crippen LogP) is 6.09. The van der Waals surface area contributed by atoms with Crippen molar-refractivity contribution < 1.29 is 13.2 Å². The van der Waals surface area contributed by atoms with Crippen LogP contribution in [0.5, 0.6) is 5.75 Å². The van der Waals surface area contributed by atoms with Crippen LogP contribution in [0.15, 0.2) is 95.5 Å². The van der Waals surface area contributed by atoms with Gasteiger partial charge in [-0.2, -0.15) is 0 Å². The molecule has 0 amide bonds. The average Bonchev–Trinajstić information content (AvgIpc) is 2.80. The first-order chi connectivity index (χ1) is 15.4. The van der Waals surface area contributed by atoms with Gasteiger partial charge in [-0.1, -0.05) is 77.9 Å². The number of hydrogen-bond donors (Lipinski definition) is 0. The minimum absolute atomic E-state index is 0.153. The van der Waals surface area contributed by atoms with Gasteiger partial charge < -0.3 is 4.74 Å². The quantitative estimate of drug-likeness (QED) is 0.387. The molecule has 0 aliphatic carbocycles. The highest BCUT2D eigenvalue weighted by Crippen LogP contribution is 2.44. The fourth-order valence-corrected chi connectivity index (χ4v) is 5.47. The van der Waals surface area contributed by atoms with Gasteiger partial charge in [-0.15, -0.1) is 0 Å². The zero-order valence-electron chi connectivity index (χ0n) is 17.9. The second-order valence-electron chi connectivity index (χ2n) is 8.05. The van der Waals surface area contributed by atoms with Crippen LogP contribution in [-0.2, 0) is 10.0 Å². The lowest BCUT2D eigenvalue weighted by Gasteiger charge is -2.33. The second-order valence-corrected chi connectivity index (χ2v) is 9.84. The van der Waals surface area contributed by atoms with Crippen molar-refractivity contribution in [2.45, 2.75) is 18.7 Å². The molecule has 0 bridgehead atoms. The van der Waals surface area contributed by atoms with Gasteiger partial charge in [0.05, 0.1) is 16.3 Å². The molecule has 1 aliphatic heterocycles. The van der Waals surface area contributed by atoms with E-state index in [1.54, 1.807) is 12.1 Å². The zero-order chi connectivity index (χ0) is 22.3. The molecule has 0 aromatic heterocycles. The van der Waals surface area contributed by atoms with E-state index in [0.717, 1.165) is 27.5 Å². The van der Waals surface area contributed by atoms with Crippen LogP contribution in [0.25, 0.3) is 16.8 Å². The van der Waals surface area contributed by atoms with Crippen LogP contribution in [-0.4, -0.2) is 15.0 Å². The van der Waals surface area contributed by atoms with Crippen LogP contribution in [0.1, 0.15) is 16.7 Å². The van der Waals surface area contributed by atoms with Gasteiger partial charge in [0, 0.05) is 5.39 Å². The van der Waals surface area contributed by atoms with E-state index in [9.17, 15) is 8.42 Å². The molecule has 160 valence electrons. The van der Waals surface area contributed by atoms with Crippen molar-refractivity contribution in [1.82, 2.24) is 0 Å². The molecule has 5 heteroatoms. The Morgan fingerprint density at radius 1 is 0.812 bits per heavy atom. The molecule has 32 heavy (non-hydrogen) atoms. The highest BCUT2D eigenvalue weighted by molar-refractivity contribution is 7.93. The Morgan fingerprint density at radius 2 is 1.47 bits per heavy atom. The Labute approximate surface area is 188 Å². The third-order valence-electron chi connectivity index (χ3n) is 5.67. The predicted molar refractivity (Wildman–Crippen MR) is 129 cm³/mol. The number of hydrogen-bond acceptors (Lipinski definition) is 3. The van der Waals surface area contributed by atoms with Crippen molar-refractivity contribution in [1.29, 1.82) is 0 Å². The third kappa shape index (κ3) is 3.55. The van der Waals surface area contributed by atoms with Crippen molar-refractivity contribution in [2.24, 2.45) is 0 Å². The average molecular weight is 442 g/mol. The van der Waals surface area contributed by atoms with Gasteiger partial charge in [-0.05, 0) is 49.1 Å². The summed E-state index contributed by atoms with van der Waals surface area (Å²) < 4.78 is 35.3. The van der Waals surface area contributed by atoms with E-state index in [4.69, 9.17) is 4.74 Å². The number of anilines is 1. The summed E-state index contributed by atoms with van der Waals surface area (Å²) in [6, 6.07) is 26.5. The number of ether oxygens (including phenoxy) is 1. The third-order valence-corrected chi connectivity index (χ3v) is 7.45. The van der Waals surface area contributed by atoms with Crippen LogP contribution in [0.3, 0.4) is 0 Å². The van der Waals surface area contributed by atoms with Crippen molar-refractivity contribution in [3.63, 3.8) is 0 Å². The number of sulfonamides is 1. The Hall–Kier alpha value is -3.57. The summed E-state index contributed by atoms with van der Waals surface area (Å²) in [5.41, 5.74) is 4.16. The second kappa shape index (κ2) is 7.84. The Kier molecular flexibility index (Phi) is 4.98. The molecule has 0 saturated carbocycles. The molecule has 1 aliphatic rings. The van der Waals surface area contributed by atoms with Crippen LogP contribution in [0.4, 0.5) is 5.69 Å². The van der Waals surface area contributed by atoms with Gasteiger partial charge in [0.15, 0.2) is 5.75 Å². The molecule has 5 rings (SSSR count). The molecule has 0 spiro atoms. The highest BCUT2D eigenvalue weighted by Gasteiger charge is 2.34. The van der Waals surface area contributed by atoms with Crippen molar-refractivity contribution in [2.75, 3.05) is 10.9 Å². The SMILES string of the molecule is Cc1ccc(/C=C2\COc3c(ccc4ccccc34)N2S(=O)(=O)c2ccc(C)cc2)cc1. The number of benzene rings is 4. The molecule has 0 radical (unpaired) electrons. The van der Waals surface area contributed by atoms with Gasteiger partial charge in [0.2, 0.25) is 0 Å². The normalized spacial score (nSPS) is 14.9. The first kappa shape index (κ1) is 20.3. The number of fused-ring (bicyclic) bond motifs is 3. The fourth-order valence-electron chi connectivity index (χ4n) is 3.96. The van der Waals surface area contributed by atoms with E-state index < -0.39 is 10.0 Å². The summed E-state index contributed by atoms with van der Waals surface area (Å²) in [6.07, 6.45) is 1.88. The van der Waals surface area contributed by atoms with Gasteiger partial charge in [0.1, 0.15) is 6.61 Å². The lowest BCUT2D eigenvalue weighted by molar-refractivity contribution is 0.346.